The van der Waals surface area contributed by atoms with Gasteiger partial charge in [0.15, 0.2) is 0 Å². The van der Waals surface area contributed by atoms with E-state index in [9.17, 15) is 4.79 Å². The summed E-state index contributed by atoms with van der Waals surface area (Å²) in [6.45, 7) is 7.64. The lowest BCUT2D eigenvalue weighted by atomic mass is 10.1. The van der Waals surface area contributed by atoms with Crippen LogP contribution in [0.2, 0.25) is 0 Å². The molecule has 0 aliphatic carbocycles. The topological polar surface area (TPSA) is 56.1 Å². The smallest absolute Gasteiger partial charge is 0.343 e. The standard InChI is InChI=1S/C20H22IN3O2/c1-12-11-13(21)8-9-15(12)23-18-16(19(25)26-20(2,3)4)14-7-6-10-22-17(14)24(18)5/h6-11,23H,1-5H3. The number of aryl methyl sites for hydroxylation is 2. The Kier molecular flexibility index (Phi) is 4.96. The van der Waals surface area contributed by atoms with Gasteiger partial charge in [0.05, 0.1) is 0 Å². The molecule has 0 bridgehead atoms. The van der Waals surface area contributed by atoms with E-state index in [2.05, 4.69) is 39.0 Å². The lowest BCUT2D eigenvalue weighted by Gasteiger charge is -2.20. The van der Waals surface area contributed by atoms with Crippen LogP contribution < -0.4 is 5.32 Å². The summed E-state index contributed by atoms with van der Waals surface area (Å²) in [6.07, 6.45) is 1.72. The van der Waals surface area contributed by atoms with Crippen molar-refractivity contribution in [2.24, 2.45) is 7.05 Å². The first-order valence-electron chi connectivity index (χ1n) is 8.37. The quantitative estimate of drug-likeness (QED) is 0.430. The molecular weight excluding hydrogens is 441 g/mol. The molecule has 3 rings (SSSR count). The van der Waals surface area contributed by atoms with Crippen molar-refractivity contribution in [2.75, 3.05) is 5.32 Å². The number of nitrogens with zero attached hydrogens (tertiary/aromatic N) is 2. The number of benzene rings is 1. The molecule has 136 valence electrons. The molecule has 0 amide bonds. The Morgan fingerprint density at radius 1 is 1.27 bits per heavy atom. The predicted molar refractivity (Wildman–Crippen MR) is 113 cm³/mol. The number of rotatable bonds is 3. The Balaban J connectivity index is 2.15. The van der Waals surface area contributed by atoms with Gasteiger partial charge in [-0.25, -0.2) is 9.78 Å². The summed E-state index contributed by atoms with van der Waals surface area (Å²) in [5.74, 6) is 0.319. The van der Waals surface area contributed by atoms with Crippen molar-refractivity contribution in [3.63, 3.8) is 0 Å². The molecule has 0 aliphatic heterocycles. The fourth-order valence-corrected chi connectivity index (χ4v) is 3.48. The molecule has 26 heavy (non-hydrogen) atoms. The first kappa shape index (κ1) is 18.7. The molecule has 1 aromatic carbocycles. The van der Waals surface area contributed by atoms with E-state index in [4.69, 9.17) is 4.74 Å². The van der Waals surface area contributed by atoms with Crippen LogP contribution in [0.4, 0.5) is 11.5 Å². The highest BCUT2D eigenvalue weighted by Crippen LogP contribution is 2.33. The van der Waals surface area contributed by atoms with Crippen LogP contribution in [0.1, 0.15) is 36.7 Å². The Labute approximate surface area is 166 Å². The van der Waals surface area contributed by atoms with Gasteiger partial charge in [-0.15, -0.1) is 0 Å². The third-order valence-electron chi connectivity index (χ3n) is 3.99. The van der Waals surface area contributed by atoms with Crippen LogP contribution in [-0.4, -0.2) is 21.1 Å². The van der Waals surface area contributed by atoms with Crippen molar-refractivity contribution < 1.29 is 9.53 Å². The molecule has 0 saturated carbocycles. The Morgan fingerprint density at radius 2 is 2.00 bits per heavy atom. The third kappa shape index (κ3) is 3.70. The van der Waals surface area contributed by atoms with Crippen molar-refractivity contribution in [1.29, 1.82) is 0 Å². The Morgan fingerprint density at radius 3 is 2.65 bits per heavy atom. The van der Waals surface area contributed by atoms with Crippen LogP contribution in [0.15, 0.2) is 36.5 Å². The van der Waals surface area contributed by atoms with E-state index in [1.54, 1.807) is 6.20 Å². The molecule has 0 saturated heterocycles. The van der Waals surface area contributed by atoms with E-state index in [0.717, 1.165) is 25.9 Å². The van der Waals surface area contributed by atoms with Gasteiger partial charge >= 0.3 is 5.97 Å². The van der Waals surface area contributed by atoms with Gasteiger partial charge < -0.3 is 14.6 Å². The maximum atomic E-state index is 12.9. The monoisotopic (exact) mass is 463 g/mol. The van der Waals surface area contributed by atoms with Gasteiger partial charge in [-0.2, -0.15) is 0 Å². The number of nitrogens with one attached hydrogen (secondary N) is 1. The number of pyridine rings is 1. The van der Waals surface area contributed by atoms with Gasteiger partial charge in [-0.3, -0.25) is 0 Å². The molecule has 5 nitrogen and oxygen atoms in total. The molecule has 3 aromatic rings. The average molecular weight is 463 g/mol. The zero-order valence-corrected chi connectivity index (χ0v) is 17.7. The van der Waals surface area contributed by atoms with Crippen LogP contribution in [0, 0.1) is 10.5 Å². The lowest BCUT2D eigenvalue weighted by Crippen LogP contribution is -2.24. The molecule has 1 N–H and O–H groups in total. The van der Waals surface area contributed by atoms with Gasteiger partial charge in [-0.1, -0.05) is 0 Å². The zero-order chi connectivity index (χ0) is 19.1. The fraction of sp³-hybridized carbons (Fsp3) is 0.300. The summed E-state index contributed by atoms with van der Waals surface area (Å²) in [5.41, 5.74) is 2.71. The van der Waals surface area contributed by atoms with Crippen molar-refractivity contribution in [1.82, 2.24) is 9.55 Å². The average Bonchev–Trinajstić information content (AvgIpc) is 2.81. The summed E-state index contributed by atoms with van der Waals surface area (Å²) in [5, 5.41) is 4.18. The number of hydrogen-bond acceptors (Lipinski definition) is 4. The summed E-state index contributed by atoms with van der Waals surface area (Å²) in [6, 6.07) is 9.87. The van der Waals surface area contributed by atoms with E-state index < -0.39 is 5.60 Å². The zero-order valence-electron chi connectivity index (χ0n) is 15.6. The first-order chi connectivity index (χ1) is 12.2. The molecule has 2 aromatic heterocycles. The fourth-order valence-electron chi connectivity index (χ4n) is 2.84. The molecule has 0 atom stereocenters. The molecule has 0 aliphatic rings. The van der Waals surface area contributed by atoms with Crippen molar-refractivity contribution >= 4 is 51.1 Å². The molecule has 0 unspecified atom stereocenters. The number of anilines is 2. The number of esters is 1. The Bertz CT molecular complexity index is 987. The highest BCUT2D eigenvalue weighted by atomic mass is 127. The van der Waals surface area contributed by atoms with Gasteiger partial charge in [0.2, 0.25) is 0 Å². The summed E-state index contributed by atoms with van der Waals surface area (Å²) >= 11 is 2.29. The van der Waals surface area contributed by atoms with Crippen molar-refractivity contribution in [3.8, 4) is 0 Å². The van der Waals surface area contributed by atoms with Gasteiger partial charge in [0.25, 0.3) is 0 Å². The Hall–Kier alpha value is -2.09. The second kappa shape index (κ2) is 6.90. The number of fused-ring (bicyclic) bond motifs is 1. The number of hydrogen-bond donors (Lipinski definition) is 1. The minimum atomic E-state index is -0.572. The van der Waals surface area contributed by atoms with E-state index in [0.29, 0.717) is 11.4 Å². The summed E-state index contributed by atoms with van der Waals surface area (Å²) in [4.78, 5) is 17.4. The van der Waals surface area contributed by atoms with E-state index >= 15 is 0 Å². The number of carbonyl (C=O) groups is 1. The maximum absolute atomic E-state index is 12.9. The maximum Gasteiger partial charge on any atom is 0.343 e. The first-order valence-corrected chi connectivity index (χ1v) is 9.45. The second-order valence-electron chi connectivity index (χ2n) is 7.24. The second-order valence-corrected chi connectivity index (χ2v) is 8.49. The van der Waals surface area contributed by atoms with Crippen LogP contribution >= 0.6 is 22.6 Å². The lowest BCUT2D eigenvalue weighted by molar-refractivity contribution is 0.00729. The van der Waals surface area contributed by atoms with Crippen molar-refractivity contribution in [3.05, 3.63) is 51.2 Å². The number of halogens is 1. The van der Waals surface area contributed by atoms with Crippen molar-refractivity contribution in [2.45, 2.75) is 33.3 Å². The van der Waals surface area contributed by atoms with Gasteiger partial charge in [0, 0.05) is 27.9 Å². The van der Waals surface area contributed by atoms with Crippen LogP contribution in [0.3, 0.4) is 0 Å². The van der Waals surface area contributed by atoms with E-state index in [1.165, 1.54) is 0 Å². The minimum absolute atomic E-state index is 0.359. The van der Waals surface area contributed by atoms with Crippen LogP contribution in [-0.2, 0) is 11.8 Å². The minimum Gasteiger partial charge on any atom is -0.456 e. The van der Waals surface area contributed by atoms with Gasteiger partial charge in [-0.05, 0) is 86.2 Å². The molecule has 6 heteroatoms. The van der Waals surface area contributed by atoms with Crippen LogP contribution in [0.25, 0.3) is 11.0 Å². The van der Waals surface area contributed by atoms with Crippen LogP contribution in [0.5, 0.6) is 0 Å². The number of carbonyl (C=O) groups excluding carboxylic acids is 1. The number of ether oxygens (including phenoxy) is 1. The summed E-state index contributed by atoms with van der Waals surface area (Å²) in [7, 11) is 1.90. The highest BCUT2D eigenvalue weighted by molar-refractivity contribution is 14.1. The SMILES string of the molecule is Cc1cc(I)ccc1Nc1c(C(=O)OC(C)(C)C)c2cccnc2n1C. The largest absolute Gasteiger partial charge is 0.456 e. The molecule has 0 radical (unpaired) electrons. The summed E-state index contributed by atoms with van der Waals surface area (Å²) < 4.78 is 8.71. The molecular formula is C20H22IN3O2. The normalized spacial score (nSPS) is 11.6. The predicted octanol–water partition coefficient (Wildman–Crippen LogP) is 5.19. The highest BCUT2D eigenvalue weighted by Gasteiger charge is 2.27. The third-order valence-corrected chi connectivity index (χ3v) is 4.66. The number of aromatic nitrogens is 2. The molecule has 2 heterocycles. The van der Waals surface area contributed by atoms with Gasteiger partial charge in [0.1, 0.15) is 22.6 Å². The van der Waals surface area contributed by atoms with E-state index in [-0.39, 0.29) is 5.97 Å². The molecule has 0 fully saturated rings. The van der Waals surface area contributed by atoms with E-state index in [1.807, 2.05) is 63.6 Å². The molecule has 0 spiro atoms.